The fourth-order valence-electron chi connectivity index (χ4n) is 0.561. The molecule has 0 amide bonds. The van der Waals surface area contributed by atoms with Gasteiger partial charge in [-0.05, 0) is 12.1 Å². The summed E-state index contributed by atoms with van der Waals surface area (Å²) in [6.45, 7) is 0. The fraction of sp³-hybridized carbons (Fsp3) is 0.167. The molecule has 54 valence electrons. The summed E-state index contributed by atoms with van der Waals surface area (Å²) >= 11 is 0. The van der Waals surface area contributed by atoms with Gasteiger partial charge in [0.05, 0.1) is 5.56 Å². The van der Waals surface area contributed by atoms with Crippen molar-refractivity contribution in [3.63, 3.8) is 0 Å². The van der Waals surface area contributed by atoms with Crippen molar-refractivity contribution in [3.05, 3.63) is 29.8 Å². The van der Waals surface area contributed by atoms with E-state index < -0.39 is 17.9 Å². The Morgan fingerprint density at radius 2 is 2.10 bits per heavy atom. The number of aromatic nitrogens is 1. The first-order chi connectivity index (χ1) is 4.72. The summed E-state index contributed by atoms with van der Waals surface area (Å²) in [6, 6.07) is 2.28. The molecule has 1 aromatic rings. The van der Waals surface area contributed by atoms with Crippen LogP contribution in [-0.4, -0.2) is 4.98 Å². The van der Waals surface area contributed by atoms with Gasteiger partial charge in [-0.3, -0.25) is 0 Å². The molecule has 0 aromatic carbocycles. The van der Waals surface area contributed by atoms with Crippen LogP contribution in [0.5, 0.6) is 0 Å². The Labute approximate surface area is 55.5 Å². The molecular weight excluding hydrogens is 143 g/mol. The SMILES string of the molecule is Fc1ncccc1C(F)F. The topological polar surface area (TPSA) is 12.9 Å². The molecule has 0 aliphatic heterocycles. The van der Waals surface area contributed by atoms with Gasteiger partial charge in [0.1, 0.15) is 0 Å². The predicted molar refractivity (Wildman–Crippen MR) is 29.2 cm³/mol. The van der Waals surface area contributed by atoms with Crippen LogP contribution in [0.4, 0.5) is 13.2 Å². The highest BCUT2D eigenvalue weighted by Gasteiger charge is 2.11. The second-order valence-electron chi connectivity index (χ2n) is 1.68. The second-order valence-corrected chi connectivity index (χ2v) is 1.68. The van der Waals surface area contributed by atoms with Gasteiger partial charge in [-0.1, -0.05) is 0 Å². The van der Waals surface area contributed by atoms with Crippen molar-refractivity contribution in [3.8, 4) is 0 Å². The first-order valence-electron chi connectivity index (χ1n) is 2.60. The summed E-state index contributed by atoms with van der Waals surface area (Å²) in [6.07, 6.45) is -1.66. The first-order valence-corrected chi connectivity index (χ1v) is 2.60. The van der Waals surface area contributed by atoms with Gasteiger partial charge in [-0.25, -0.2) is 13.8 Å². The molecule has 0 fully saturated rings. The third-order valence-electron chi connectivity index (χ3n) is 1.02. The quantitative estimate of drug-likeness (QED) is 0.554. The number of alkyl halides is 2. The Morgan fingerprint density at radius 1 is 1.40 bits per heavy atom. The molecule has 4 heteroatoms. The van der Waals surface area contributed by atoms with Gasteiger partial charge in [0.25, 0.3) is 6.43 Å². The average molecular weight is 147 g/mol. The summed E-state index contributed by atoms with van der Waals surface area (Å²) in [5.41, 5.74) is -0.650. The van der Waals surface area contributed by atoms with E-state index in [4.69, 9.17) is 0 Å². The van der Waals surface area contributed by atoms with E-state index >= 15 is 0 Å². The molecule has 1 heterocycles. The molecule has 0 atom stereocenters. The monoisotopic (exact) mass is 147 g/mol. The van der Waals surface area contributed by atoms with Crippen molar-refractivity contribution in [2.24, 2.45) is 0 Å². The zero-order valence-electron chi connectivity index (χ0n) is 4.89. The van der Waals surface area contributed by atoms with Crippen LogP contribution in [0, 0.1) is 5.95 Å². The maximum Gasteiger partial charge on any atom is 0.268 e. The molecule has 1 rings (SSSR count). The maximum atomic E-state index is 12.2. The van der Waals surface area contributed by atoms with Crippen LogP contribution in [0.3, 0.4) is 0 Å². The van der Waals surface area contributed by atoms with E-state index in [1.165, 1.54) is 6.07 Å². The molecule has 0 N–H and O–H groups in total. The van der Waals surface area contributed by atoms with Crippen LogP contribution >= 0.6 is 0 Å². The van der Waals surface area contributed by atoms with Crippen LogP contribution < -0.4 is 0 Å². The fourth-order valence-corrected chi connectivity index (χ4v) is 0.561. The molecule has 1 nitrogen and oxygen atoms in total. The van der Waals surface area contributed by atoms with Crippen molar-refractivity contribution in [2.45, 2.75) is 6.43 Å². The van der Waals surface area contributed by atoms with Crippen molar-refractivity contribution in [1.82, 2.24) is 4.98 Å². The maximum absolute atomic E-state index is 12.2. The lowest BCUT2D eigenvalue weighted by Crippen LogP contribution is -1.91. The highest BCUT2D eigenvalue weighted by molar-refractivity contribution is 5.11. The summed E-state index contributed by atoms with van der Waals surface area (Å²) in [7, 11) is 0. The normalized spacial score (nSPS) is 10.4. The lowest BCUT2D eigenvalue weighted by Gasteiger charge is -1.97. The molecule has 0 aliphatic rings. The second kappa shape index (κ2) is 2.68. The average Bonchev–Trinajstić information content (AvgIpc) is 1.88. The van der Waals surface area contributed by atoms with E-state index in [1.807, 2.05) is 0 Å². The van der Waals surface area contributed by atoms with Crippen LogP contribution in [0.2, 0.25) is 0 Å². The van der Waals surface area contributed by atoms with Gasteiger partial charge in [-0.15, -0.1) is 0 Å². The van der Waals surface area contributed by atoms with Crippen LogP contribution in [0.25, 0.3) is 0 Å². The van der Waals surface area contributed by atoms with Gasteiger partial charge in [-0.2, -0.15) is 4.39 Å². The van der Waals surface area contributed by atoms with Crippen molar-refractivity contribution >= 4 is 0 Å². The van der Waals surface area contributed by atoms with Crippen LogP contribution in [0.1, 0.15) is 12.0 Å². The third kappa shape index (κ3) is 1.26. The zero-order chi connectivity index (χ0) is 7.56. The lowest BCUT2D eigenvalue weighted by molar-refractivity contribution is 0.145. The van der Waals surface area contributed by atoms with E-state index in [1.54, 1.807) is 0 Å². The van der Waals surface area contributed by atoms with Gasteiger partial charge in [0.15, 0.2) is 0 Å². The molecule has 0 radical (unpaired) electrons. The predicted octanol–water partition coefficient (Wildman–Crippen LogP) is 2.16. The largest absolute Gasteiger partial charge is 0.268 e. The molecule has 0 saturated carbocycles. The molecular formula is C6H4F3N. The summed E-state index contributed by atoms with van der Waals surface area (Å²) in [5, 5.41) is 0. The Hall–Kier alpha value is -1.06. The van der Waals surface area contributed by atoms with E-state index in [0.29, 0.717) is 0 Å². The Balaban J connectivity index is 3.03. The minimum atomic E-state index is -2.78. The molecule has 0 unspecified atom stereocenters. The Morgan fingerprint density at radius 3 is 2.50 bits per heavy atom. The highest BCUT2D eigenvalue weighted by Crippen LogP contribution is 2.19. The number of hydrogen-bond acceptors (Lipinski definition) is 1. The zero-order valence-corrected chi connectivity index (χ0v) is 4.89. The minimum Gasteiger partial charge on any atom is -0.228 e. The van der Waals surface area contributed by atoms with Crippen molar-refractivity contribution < 1.29 is 13.2 Å². The summed E-state index contributed by atoms with van der Waals surface area (Å²) in [5.74, 6) is -1.10. The van der Waals surface area contributed by atoms with Gasteiger partial charge < -0.3 is 0 Å². The van der Waals surface area contributed by atoms with Gasteiger partial charge in [0, 0.05) is 6.20 Å². The van der Waals surface area contributed by atoms with Gasteiger partial charge >= 0.3 is 0 Å². The van der Waals surface area contributed by atoms with Gasteiger partial charge in [0.2, 0.25) is 5.95 Å². The van der Waals surface area contributed by atoms with E-state index in [-0.39, 0.29) is 0 Å². The molecule has 1 aromatic heterocycles. The Kier molecular flexibility index (Phi) is 1.89. The smallest absolute Gasteiger partial charge is 0.228 e. The molecule has 0 saturated heterocycles. The number of rotatable bonds is 1. The summed E-state index contributed by atoms with van der Waals surface area (Å²) in [4.78, 5) is 3.05. The third-order valence-corrected chi connectivity index (χ3v) is 1.02. The van der Waals surface area contributed by atoms with Crippen LogP contribution in [-0.2, 0) is 0 Å². The highest BCUT2D eigenvalue weighted by atomic mass is 19.3. The number of halogens is 3. The first kappa shape index (κ1) is 7.05. The molecule has 0 aliphatic carbocycles. The van der Waals surface area contributed by atoms with Crippen molar-refractivity contribution in [1.29, 1.82) is 0 Å². The lowest BCUT2D eigenvalue weighted by atomic mass is 10.3. The standard InChI is InChI=1S/C6H4F3N/c7-5(8)4-2-1-3-10-6(4)9/h1-3,5H. The van der Waals surface area contributed by atoms with E-state index in [2.05, 4.69) is 4.98 Å². The van der Waals surface area contributed by atoms with E-state index in [0.717, 1.165) is 12.3 Å². The Bertz CT molecular complexity index is 224. The minimum absolute atomic E-state index is 0.650. The molecule has 10 heavy (non-hydrogen) atoms. The molecule has 0 spiro atoms. The number of pyridine rings is 1. The van der Waals surface area contributed by atoms with Crippen LogP contribution in [0.15, 0.2) is 18.3 Å². The number of nitrogens with zero attached hydrogens (tertiary/aromatic N) is 1. The summed E-state index contributed by atoms with van der Waals surface area (Å²) < 4.78 is 35.7. The van der Waals surface area contributed by atoms with Crippen molar-refractivity contribution in [2.75, 3.05) is 0 Å². The molecule has 0 bridgehead atoms. The number of hydrogen-bond donors (Lipinski definition) is 0. The van der Waals surface area contributed by atoms with E-state index in [9.17, 15) is 13.2 Å².